The number of nitrogens with zero attached hydrogens (tertiary/aromatic N) is 2. The standard InChI is InChI=1S/C29H24N2/c1-30(25-13-4-2-5-14-25)27-17-10-18-28(22-27)31(26-15-6-3-7-16-26)29-20-19-23-11-8-9-12-24(23)21-29/h2-22H,1H3. The van der Waals surface area contributed by atoms with Gasteiger partial charge >= 0.3 is 0 Å². The first-order chi connectivity index (χ1) is 15.3. The van der Waals surface area contributed by atoms with Crippen LogP contribution in [0.1, 0.15) is 0 Å². The molecule has 0 heterocycles. The molecule has 0 radical (unpaired) electrons. The van der Waals surface area contributed by atoms with Crippen LogP contribution in [0.4, 0.5) is 28.4 Å². The molecule has 0 unspecified atom stereocenters. The van der Waals surface area contributed by atoms with Gasteiger partial charge in [0, 0.05) is 35.5 Å². The predicted molar refractivity (Wildman–Crippen MR) is 133 cm³/mol. The zero-order valence-electron chi connectivity index (χ0n) is 17.5. The third-order valence-electron chi connectivity index (χ3n) is 5.62. The van der Waals surface area contributed by atoms with E-state index in [4.69, 9.17) is 0 Å². The van der Waals surface area contributed by atoms with Crippen molar-refractivity contribution >= 4 is 39.2 Å². The van der Waals surface area contributed by atoms with Gasteiger partial charge in [-0.15, -0.1) is 0 Å². The molecule has 0 atom stereocenters. The van der Waals surface area contributed by atoms with Gasteiger partial charge < -0.3 is 9.80 Å². The molecule has 0 bridgehead atoms. The van der Waals surface area contributed by atoms with E-state index in [0.717, 1.165) is 28.4 Å². The molecule has 2 nitrogen and oxygen atoms in total. The molecule has 0 saturated heterocycles. The molecule has 150 valence electrons. The Hall–Kier alpha value is -4.04. The molecule has 2 heteroatoms. The number of anilines is 5. The molecule has 0 spiro atoms. The van der Waals surface area contributed by atoms with Gasteiger partial charge in [0.2, 0.25) is 0 Å². The summed E-state index contributed by atoms with van der Waals surface area (Å²) in [5.74, 6) is 0. The van der Waals surface area contributed by atoms with Crippen LogP contribution in [-0.4, -0.2) is 7.05 Å². The Labute approximate surface area is 183 Å². The van der Waals surface area contributed by atoms with Gasteiger partial charge in [-0.05, 0) is 65.4 Å². The van der Waals surface area contributed by atoms with Crippen LogP contribution in [0.5, 0.6) is 0 Å². The first kappa shape index (κ1) is 19.0. The summed E-state index contributed by atoms with van der Waals surface area (Å²) < 4.78 is 0. The van der Waals surface area contributed by atoms with E-state index in [9.17, 15) is 0 Å². The van der Waals surface area contributed by atoms with Crippen molar-refractivity contribution in [3.05, 3.63) is 127 Å². The smallest absolute Gasteiger partial charge is 0.0482 e. The van der Waals surface area contributed by atoms with E-state index in [1.165, 1.54) is 10.8 Å². The SMILES string of the molecule is CN(c1ccccc1)c1cccc(N(c2ccccc2)c2ccc3ccccc3c2)c1. The molecule has 5 aromatic rings. The minimum atomic E-state index is 1.13. The van der Waals surface area contributed by atoms with Crippen molar-refractivity contribution in [1.29, 1.82) is 0 Å². The Morgan fingerprint density at radius 3 is 1.68 bits per heavy atom. The molecule has 31 heavy (non-hydrogen) atoms. The second kappa shape index (κ2) is 8.37. The fraction of sp³-hybridized carbons (Fsp3) is 0.0345. The minimum Gasteiger partial charge on any atom is -0.345 e. The number of para-hydroxylation sites is 2. The summed E-state index contributed by atoms with van der Waals surface area (Å²) in [5, 5.41) is 2.48. The highest BCUT2D eigenvalue weighted by molar-refractivity contribution is 5.89. The normalized spacial score (nSPS) is 10.7. The molecular weight excluding hydrogens is 376 g/mol. The van der Waals surface area contributed by atoms with Crippen LogP contribution in [0.2, 0.25) is 0 Å². The van der Waals surface area contributed by atoms with Crippen LogP contribution in [0.25, 0.3) is 10.8 Å². The number of hydrogen-bond acceptors (Lipinski definition) is 2. The molecule has 5 aromatic carbocycles. The molecule has 0 amide bonds. The lowest BCUT2D eigenvalue weighted by molar-refractivity contribution is 1.20. The number of fused-ring (bicyclic) bond motifs is 1. The maximum Gasteiger partial charge on any atom is 0.0482 e. The Morgan fingerprint density at radius 1 is 0.387 bits per heavy atom. The van der Waals surface area contributed by atoms with Crippen molar-refractivity contribution in [3.8, 4) is 0 Å². The average Bonchev–Trinajstić information content (AvgIpc) is 2.85. The molecule has 0 aliphatic heterocycles. The Balaban J connectivity index is 1.62. The van der Waals surface area contributed by atoms with E-state index >= 15 is 0 Å². The van der Waals surface area contributed by atoms with E-state index in [0.29, 0.717) is 0 Å². The van der Waals surface area contributed by atoms with Crippen LogP contribution < -0.4 is 9.80 Å². The minimum absolute atomic E-state index is 1.13. The van der Waals surface area contributed by atoms with E-state index in [2.05, 4.69) is 138 Å². The van der Waals surface area contributed by atoms with Crippen molar-refractivity contribution in [1.82, 2.24) is 0 Å². The van der Waals surface area contributed by atoms with E-state index < -0.39 is 0 Å². The van der Waals surface area contributed by atoms with Gasteiger partial charge in [-0.25, -0.2) is 0 Å². The van der Waals surface area contributed by atoms with Gasteiger partial charge in [-0.3, -0.25) is 0 Å². The van der Waals surface area contributed by atoms with Crippen LogP contribution in [0.15, 0.2) is 127 Å². The molecule has 0 aromatic heterocycles. The summed E-state index contributed by atoms with van der Waals surface area (Å²) in [6.07, 6.45) is 0. The van der Waals surface area contributed by atoms with Gasteiger partial charge in [0.25, 0.3) is 0 Å². The van der Waals surface area contributed by atoms with Crippen molar-refractivity contribution < 1.29 is 0 Å². The second-order valence-corrected chi connectivity index (χ2v) is 7.62. The summed E-state index contributed by atoms with van der Waals surface area (Å²) in [6, 6.07) is 44.8. The molecule has 0 saturated carbocycles. The van der Waals surface area contributed by atoms with Crippen molar-refractivity contribution in [2.45, 2.75) is 0 Å². The first-order valence-electron chi connectivity index (χ1n) is 10.5. The van der Waals surface area contributed by atoms with Crippen LogP contribution in [-0.2, 0) is 0 Å². The van der Waals surface area contributed by atoms with Gasteiger partial charge in [0.15, 0.2) is 0 Å². The zero-order chi connectivity index (χ0) is 21.0. The fourth-order valence-corrected chi connectivity index (χ4v) is 3.98. The lowest BCUT2D eigenvalue weighted by atomic mass is 10.1. The third kappa shape index (κ3) is 3.88. The molecule has 0 aliphatic rings. The van der Waals surface area contributed by atoms with Gasteiger partial charge in [0.05, 0.1) is 0 Å². The third-order valence-corrected chi connectivity index (χ3v) is 5.62. The average molecular weight is 401 g/mol. The first-order valence-corrected chi connectivity index (χ1v) is 10.5. The van der Waals surface area contributed by atoms with Gasteiger partial charge in [-0.1, -0.05) is 72.8 Å². The summed E-state index contributed by atoms with van der Waals surface area (Å²) in [7, 11) is 2.11. The lowest BCUT2D eigenvalue weighted by Gasteiger charge is -2.27. The monoisotopic (exact) mass is 400 g/mol. The fourth-order valence-electron chi connectivity index (χ4n) is 3.98. The van der Waals surface area contributed by atoms with Crippen LogP contribution in [0.3, 0.4) is 0 Å². The number of hydrogen-bond donors (Lipinski definition) is 0. The molecule has 0 fully saturated rings. The second-order valence-electron chi connectivity index (χ2n) is 7.62. The highest BCUT2D eigenvalue weighted by atomic mass is 15.2. The summed E-state index contributed by atoms with van der Waals surface area (Å²) in [5.41, 5.74) is 5.71. The quantitative estimate of drug-likeness (QED) is 0.294. The topological polar surface area (TPSA) is 6.48 Å². The van der Waals surface area contributed by atoms with E-state index in [-0.39, 0.29) is 0 Å². The molecule has 5 rings (SSSR count). The summed E-state index contributed by atoms with van der Waals surface area (Å²) in [6.45, 7) is 0. The zero-order valence-corrected chi connectivity index (χ0v) is 17.5. The Morgan fingerprint density at radius 2 is 0.935 bits per heavy atom. The number of rotatable bonds is 5. The number of benzene rings is 5. The molecule has 0 N–H and O–H groups in total. The van der Waals surface area contributed by atoms with Gasteiger partial charge in [0.1, 0.15) is 0 Å². The highest BCUT2D eigenvalue weighted by Gasteiger charge is 2.14. The van der Waals surface area contributed by atoms with Crippen molar-refractivity contribution in [2.24, 2.45) is 0 Å². The Bertz CT molecular complexity index is 1300. The van der Waals surface area contributed by atoms with Gasteiger partial charge in [-0.2, -0.15) is 0 Å². The van der Waals surface area contributed by atoms with Crippen LogP contribution in [0, 0.1) is 0 Å². The maximum absolute atomic E-state index is 2.31. The molecular formula is C29H24N2. The Kier molecular flexibility index (Phi) is 5.12. The molecule has 0 aliphatic carbocycles. The van der Waals surface area contributed by atoms with E-state index in [1.54, 1.807) is 0 Å². The lowest BCUT2D eigenvalue weighted by Crippen LogP contribution is -2.12. The summed E-state index contributed by atoms with van der Waals surface area (Å²) >= 11 is 0. The maximum atomic E-state index is 2.31. The van der Waals surface area contributed by atoms with Crippen molar-refractivity contribution in [3.63, 3.8) is 0 Å². The largest absolute Gasteiger partial charge is 0.345 e. The van der Waals surface area contributed by atoms with Crippen LogP contribution >= 0.6 is 0 Å². The highest BCUT2D eigenvalue weighted by Crippen LogP contribution is 2.38. The predicted octanol–water partition coefficient (Wildman–Crippen LogP) is 8.08. The summed E-state index contributed by atoms with van der Waals surface area (Å²) in [4.78, 5) is 4.53. The van der Waals surface area contributed by atoms with Crippen molar-refractivity contribution in [2.75, 3.05) is 16.8 Å². The van der Waals surface area contributed by atoms with E-state index in [1.807, 2.05) is 6.07 Å².